The number of aryl methyl sites for hydroxylation is 1. The molecule has 0 unspecified atom stereocenters. The highest BCUT2D eigenvalue weighted by Crippen LogP contribution is 2.19. The molecule has 2 heterocycles. The average Bonchev–Trinajstić information content (AvgIpc) is 2.99. The predicted molar refractivity (Wildman–Crippen MR) is 181 cm³/mol. The van der Waals surface area contributed by atoms with Gasteiger partial charge in [0.1, 0.15) is 5.78 Å². The molecule has 6 nitrogen and oxygen atoms in total. The van der Waals surface area contributed by atoms with Crippen molar-refractivity contribution in [1.82, 2.24) is 10.2 Å². The number of Topliss-reactive ketones (excluding diaryl/α,β-unsaturated/α-hetero) is 2. The number of rotatable bonds is 6. The minimum absolute atomic E-state index is 0.0210. The minimum atomic E-state index is 0.0210. The Hall–Kier alpha value is -3.14. The first-order chi connectivity index (χ1) is 20.1. The molecule has 216 valence electrons. The molecule has 0 aliphatic carbocycles. The number of aromatic nitrogens is 2. The van der Waals surface area contributed by atoms with Crippen molar-refractivity contribution in [3.63, 3.8) is 0 Å². The first-order valence-electron chi connectivity index (χ1n) is 13.3. The van der Waals surface area contributed by atoms with Crippen molar-refractivity contribution in [2.75, 3.05) is 0 Å². The molecule has 0 radical (unpaired) electrons. The second-order valence-electron chi connectivity index (χ2n) is 9.59. The van der Waals surface area contributed by atoms with Crippen LogP contribution in [-0.4, -0.2) is 33.2 Å². The molecule has 9 heteroatoms. The number of halogens is 3. The van der Waals surface area contributed by atoms with Crippen molar-refractivity contribution in [1.29, 1.82) is 0 Å². The van der Waals surface area contributed by atoms with Gasteiger partial charge < -0.3 is 4.79 Å². The van der Waals surface area contributed by atoms with Crippen molar-refractivity contribution in [2.45, 2.75) is 46.5 Å². The van der Waals surface area contributed by atoms with E-state index in [0.29, 0.717) is 18.4 Å². The monoisotopic (exact) mass is 752 g/mol. The zero-order chi connectivity index (χ0) is 30.5. The SMILES string of the molecule is CC(=O)CCC(=O)c1ccc(Br)cc1.CC1=NN=C(c2ccc(Br)cc2)CC1.Cc1ccc(-c2ccc(Br)cc2)nn1. The predicted octanol–water partition coefficient (Wildman–Crippen LogP) is 9.62. The fraction of sp³-hybridized carbons (Fsp3) is 0.212. The lowest BCUT2D eigenvalue weighted by Crippen LogP contribution is -2.08. The molecule has 1 aliphatic rings. The Morgan fingerprint density at radius 3 is 1.67 bits per heavy atom. The molecule has 0 spiro atoms. The molecule has 0 fully saturated rings. The Morgan fingerprint density at radius 1 is 0.643 bits per heavy atom. The highest BCUT2D eigenvalue weighted by molar-refractivity contribution is 9.11. The Bertz CT molecular complexity index is 1490. The Morgan fingerprint density at radius 2 is 1.19 bits per heavy atom. The lowest BCUT2D eigenvalue weighted by molar-refractivity contribution is -0.116. The molecule has 5 rings (SSSR count). The average molecular weight is 755 g/mol. The van der Waals surface area contributed by atoms with E-state index >= 15 is 0 Å². The molecule has 0 saturated heterocycles. The maximum Gasteiger partial charge on any atom is 0.163 e. The van der Waals surface area contributed by atoms with E-state index in [9.17, 15) is 9.59 Å². The summed E-state index contributed by atoms with van der Waals surface area (Å²) in [6, 6.07) is 27.3. The van der Waals surface area contributed by atoms with Crippen molar-refractivity contribution in [3.8, 4) is 11.3 Å². The third-order valence-corrected chi connectivity index (χ3v) is 7.64. The van der Waals surface area contributed by atoms with Gasteiger partial charge in [0.05, 0.1) is 17.1 Å². The van der Waals surface area contributed by atoms with Crippen molar-refractivity contribution < 1.29 is 9.59 Å². The van der Waals surface area contributed by atoms with E-state index in [0.717, 1.165) is 54.6 Å². The number of benzene rings is 3. The molecule has 1 aliphatic heterocycles. The number of hydrogen-bond donors (Lipinski definition) is 0. The summed E-state index contributed by atoms with van der Waals surface area (Å²) in [7, 11) is 0. The Labute approximate surface area is 272 Å². The summed E-state index contributed by atoms with van der Waals surface area (Å²) in [5.41, 5.74) is 6.96. The van der Waals surface area contributed by atoms with Gasteiger partial charge >= 0.3 is 0 Å². The third-order valence-electron chi connectivity index (χ3n) is 6.05. The molecule has 0 bridgehead atoms. The molecule has 0 atom stereocenters. The smallest absolute Gasteiger partial charge is 0.163 e. The quantitative estimate of drug-likeness (QED) is 0.184. The van der Waals surface area contributed by atoms with E-state index in [1.807, 2.05) is 74.5 Å². The molecular weight excluding hydrogens is 724 g/mol. The van der Waals surface area contributed by atoms with E-state index in [2.05, 4.69) is 80.3 Å². The van der Waals surface area contributed by atoms with Gasteiger partial charge in [0.25, 0.3) is 0 Å². The summed E-state index contributed by atoms with van der Waals surface area (Å²) < 4.78 is 3.11. The van der Waals surface area contributed by atoms with Crippen molar-refractivity contribution in [3.05, 3.63) is 115 Å². The number of carbonyl (C=O) groups is 2. The van der Waals surface area contributed by atoms with Gasteiger partial charge in [-0.25, -0.2) is 0 Å². The van der Waals surface area contributed by atoms with E-state index in [-0.39, 0.29) is 11.6 Å². The van der Waals surface area contributed by atoms with Crippen LogP contribution in [-0.2, 0) is 4.79 Å². The number of carbonyl (C=O) groups excluding carboxylic acids is 2. The largest absolute Gasteiger partial charge is 0.300 e. The van der Waals surface area contributed by atoms with Gasteiger partial charge in [0, 0.05) is 43.1 Å². The second kappa shape index (κ2) is 17.1. The fourth-order valence-electron chi connectivity index (χ4n) is 3.63. The van der Waals surface area contributed by atoms with Crippen molar-refractivity contribution in [2.24, 2.45) is 10.2 Å². The van der Waals surface area contributed by atoms with Crippen LogP contribution < -0.4 is 0 Å². The molecular formula is C33H31Br3N4O2. The van der Waals surface area contributed by atoms with E-state index < -0.39 is 0 Å². The molecule has 0 amide bonds. The van der Waals surface area contributed by atoms with E-state index in [4.69, 9.17) is 0 Å². The topological polar surface area (TPSA) is 84.6 Å². The molecule has 3 aromatic carbocycles. The van der Waals surface area contributed by atoms with Crippen LogP contribution in [0.4, 0.5) is 0 Å². The molecule has 4 aromatic rings. The van der Waals surface area contributed by atoms with Crippen LogP contribution in [0.5, 0.6) is 0 Å². The highest BCUT2D eigenvalue weighted by atomic mass is 79.9. The summed E-state index contributed by atoms with van der Waals surface area (Å²) in [6.45, 7) is 5.44. The lowest BCUT2D eigenvalue weighted by atomic mass is 10.0. The molecule has 1 aromatic heterocycles. The fourth-order valence-corrected chi connectivity index (χ4v) is 4.43. The highest BCUT2D eigenvalue weighted by Gasteiger charge is 2.09. The maximum atomic E-state index is 11.5. The Balaban J connectivity index is 0.000000173. The van der Waals surface area contributed by atoms with Gasteiger partial charge in [-0.05, 0) is 87.7 Å². The third kappa shape index (κ3) is 11.6. The summed E-state index contributed by atoms with van der Waals surface area (Å²) in [6.07, 6.45) is 2.65. The second-order valence-corrected chi connectivity index (χ2v) is 12.3. The van der Waals surface area contributed by atoms with E-state index in [1.165, 1.54) is 12.5 Å². The number of ketones is 2. The zero-order valence-electron chi connectivity index (χ0n) is 23.7. The van der Waals surface area contributed by atoms with Gasteiger partial charge in [-0.2, -0.15) is 20.4 Å². The first-order valence-corrected chi connectivity index (χ1v) is 15.7. The summed E-state index contributed by atoms with van der Waals surface area (Å²) in [5, 5.41) is 16.4. The van der Waals surface area contributed by atoms with Crippen LogP contribution in [0, 0.1) is 6.92 Å². The van der Waals surface area contributed by atoms with Crippen LogP contribution in [0.1, 0.15) is 61.1 Å². The Kier molecular flexibility index (Phi) is 13.6. The van der Waals surface area contributed by atoms with Gasteiger partial charge in [-0.3, -0.25) is 4.79 Å². The first kappa shape index (κ1) is 33.4. The summed E-state index contributed by atoms with van der Waals surface area (Å²) >= 11 is 10.1. The van der Waals surface area contributed by atoms with Crippen molar-refractivity contribution >= 4 is 70.8 Å². The minimum Gasteiger partial charge on any atom is -0.300 e. The van der Waals surface area contributed by atoms with Gasteiger partial charge in [-0.1, -0.05) is 84.2 Å². The number of hydrogen-bond acceptors (Lipinski definition) is 6. The summed E-state index contributed by atoms with van der Waals surface area (Å²) in [4.78, 5) is 22.2. The van der Waals surface area contributed by atoms with Crippen LogP contribution in [0.25, 0.3) is 11.3 Å². The van der Waals surface area contributed by atoms with Gasteiger partial charge in [0.2, 0.25) is 0 Å². The maximum absolute atomic E-state index is 11.5. The van der Waals surface area contributed by atoms with Crippen LogP contribution in [0.15, 0.2) is 109 Å². The molecule has 0 N–H and O–H groups in total. The van der Waals surface area contributed by atoms with Gasteiger partial charge in [-0.15, -0.1) is 0 Å². The zero-order valence-corrected chi connectivity index (χ0v) is 28.4. The molecule has 0 saturated carbocycles. The van der Waals surface area contributed by atoms with Crippen LogP contribution >= 0.6 is 47.8 Å². The normalized spacial score (nSPS) is 12.0. The number of nitrogens with zero attached hydrogens (tertiary/aromatic N) is 4. The van der Waals surface area contributed by atoms with Gasteiger partial charge in [0.15, 0.2) is 5.78 Å². The van der Waals surface area contributed by atoms with E-state index in [1.54, 1.807) is 12.1 Å². The lowest BCUT2D eigenvalue weighted by Gasteiger charge is -2.09. The van der Waals surface area contributed by atoms with Crippen LogP contribution in [0.3, 0.4) is 0 Å². The summed E-state index contributed by atoms with van der Waals surface area (Å²) in [5.74, 6) is 0.0724. The standard InChI is InChI=1S/C11H11BrN2.C11H9BrN2.C11H11BrO2/c2*1-8-2-7-11(14-13-8)9-3-5-10(12)6-4-9;1-8(13)2-7-11(14)9-3-5-10(12)6-4-9/h3-6H,2,7H2,1H3;2-7H,1H3;3-6H,2,7H2,1H3. The molecule has 42 heavy (non-hydrogen) atoms. The van der Waals surface area contributed by atoms with Crippen LogP contribution in [0.2, 0.25) is 0 Å².